The highest BCUT2D eigenvalue weighted by atomic mass is 32.2. The molecule has 68 heavy (non-hydrogen) atoms. The molecule has 0 aliphatic heterocycles. The highest BCUT2D eigenvalue weighted by Crippen LogP contribution is 2.41. The van der Waals surface area contributed by atoms with Gasteiger partial charge in [0.1, 0.15) is 30.5 Å². The molecule has 5 rings (SSSR count). The summed E-state index contributed by atoms with van der Waals surface area (Å²) >= 11 is 0. The van der Waals surface area contributed by atoms with Gasteiger partial charge in [-0.3, -0.25) is 9.62 Å². The van der Waals surface area contributed by atoms with Crippen molar-refractivity contribution in [3.63, 3.8) is 0 Å². The molecule has 2 atom stereocenters. The topological polar surface area (TPSA) is 98.4 Å². The van der Waals surface area contributed by atoms with Crippen LogP contribution in [0.2, 0.25) is 18.1 Å². The third-order valence-electron chi connectivity index (χ3n) is 13.0. The van der Waals surface area contributed by atoms with Crippen molar-refractivity contribution in [2.75, 3.05) is 37.2 Å². The first kappa shape index (κ1) is 54.3. The molecule has 0 aromatic heterocycles. The maximum absolute atomic E-state index is 12.5. The maximum atomic E-state index is 12.5. The second kappa shape index (κ2) is 26.4. The van der Waals surface area contributed by atoms with Crippen LogP contribution in [0.5, 0.6) is 17.2 Å². The molecule has 11 heteroatoms. The number of unbranched alkanes of at least 4 members (excludes halogenated alkanes) is 4. The van der Waals surface area contributed by atoms with Gasteiger partial charge in [0.05, 0.1) is 24.7 Å². The van der Waals surface area contributed by atoms with Gasteiger partial charge in [0.2, 0.25) is 10.0 Å². The van der Waals surface area contributed by atoms with E-state index in [0.29, 0.717) is 49.9 Å². The smallest absolute Gasteiger partial charge is 0.229 e. The molecule has 5 aromatic carbocycles. The molecule has 0 radical (unpaired) electrons. The second-order valence-corrected chi connectivity index (χ2v) is 26.7. The Balaban J connectivity index is 1.17. The highest BCUT2D eigenvalue weighted by molar-refractivity contribution is 7.92. The van der Waals surface area contributed by atoms with E-state index in [2.05, 4.69) is 149 Å². The molecular weight excluding hydrogens is 883 g/mol. The van der Waals surface area contributed by atoms with Gasteiger partial charge in [-0.05, 0) is 131 Å². The van der Waals surface area contributed by atoms with Crippen molar-refractivity contribution in [3.05, 3.63) is 155 Å². The number of hydrogen-bond acceptors (Lipinski definition) is 8. The van der Waals surface area contributed by atoms with E-state index in [1.807, 2.05) is 54.6 Å². The summed E-state index contributed by atoms with van der Waals surface area (Å²) in [7, 11) is -5.76. The minimum Gasteiger partial charge on any atom is -0.494 e. The van der Waals surface area contributed by atoms with E-state index in [0.717, 1.165) is 91.6 Å². The van der Waals surface area contributed by atoms with Crippen LogP contribution in [0.4, 0.5) is 5.69 Å². The lowest BCUT2D eigenvalue weighted by atomic mass is 9.87. The quantitative estimate of drug-likeness (QED) is 0.0361. The van der Waals surface area contributed by atoms with Crippen LogP contribution in [0.3, 0.4) is 0 Å². The fourth-order valence-corrected chi connectivity index (χ4v) is 10.1. The van der Waals surface area contributed by atoms with Crippen LogP contribution in [0.25, 0.3) is 0 Å². The molecule has 0 heterocycles. The van der Waals surface area contributed by atoms with Gasteiger partial charge in [-0.1, -0.05) is 137 Å². The van der Waals surface area contributed by atoms with Crippen molar-refractivity contribution >= 4 is 24.0 Å². The standard InChI is InChI=1S/C57H81N3O6SSi/c1-44(2)60(45(3)4)37-35-51(48-29-21-16-22-30-48)52-40-50(32-34-54(52)64-42-46-25-17-14-18-26-46)63-38-24-13-11-12-23-36-58-41-56(66-68(9,10)57(5,6)7)49-31-33-55(53(39-49)59-67(8,61)62)65-43-47-27-19-15-20-28-47/h14-22,25-34,39-40,44-45,51,56,58-59H,11-13,23-24,35-38,41-43H2,1-10H3. The number of benzene rings is 5. The van der Waals surface area contributed by atoms with Gasteiger partial charge in [0.15, 0.2) is 8.32 Å². The number of hydrogen-bond donors (Lipinski definition) is 2. The lowest BCUT2D eigenvalue weighted by Crippen LogP contribution is -2.43. The summed E-state index contributed by atoms with van der Waals surface area (Å²) in [6.45, 7) is 24.3. The van der Waals surface area contributed by atoms with E-state index in [9.17, 15) is 8.42 Å². The second-order valence-electron chi connectivity index (χ2n) is 20.2. The molecule has 0 bridgehead atoms. The SMILES string of the molecule is CC(C)N(CCC(c1ccccc1)c1cc(OCCCCCCCNCC(O[Si](C)(C)C(C)(C)C)c2ccc(OCc3ccccc3)c(NS(C)(=O)=O)c2)ccc1OCc1ccccc1)C(C)C. The molecule has 370 valence electrons. The molecule has 0 saturated heterocycles. The van der Waals surface area contributed by atoms with Crippen LogP contribution < -0.4 is 24.2 Å². The summed E-state index contributed by atoms with van der Waals surface area (Å²) < 4.78 is 53.9. The first-order valence-corrected chi connectivity index (χ1v) is 29.6. The summed E-state index contributed by atoms with van der Waals surface area (Å²) in [5, 5.41) is 3.67. The predicted molar refractivity (Wildman–Crippen MR) is 285 cm³/mol. The highest BCUT2D eigenvalue weighted by Gasteiger charge is 2.39. The molecule has 2 unspecified atom stereocenters. The Hall–Kier alpha value is -4.65. The van der Waals surface area contributed by atoms with Gasteiger partial charge < -0.3 is 24.0 Å². The van der Waals surface area contributed by atoms with Crippen LogP contribution in [0.1, 0.15) is 127 Å². The van der Waals surface area contributed by atoms with Gasteiger partial charge in [-0.15, -0.1) is 0 Å². The van der Waals surface area contributed by atoms with E-state index in [4.69, 9.17) is 18.6 Å². The van der Waals surface area contributed by atoms with Crippen molar-refractivity contribution in [2.24, 2.45) is 0 Å². The summed E-state index contributed by atoms with van der Waals surface area (Å²) in [5.41, 5.74) is 5.90. The van der Waals surface area contributed by atoms with Crippen LogP contribution >= 0.6 is 0 Å². The molecule has 0 aliphatic rings. The minimum absolute atomic E-state index is 0.00219. The van der Waals surface area contributed by atoms with E-state index in [1.54, 1.807) is 0 Å². The average Bonchev–Trinajstić information content (AvgIpc) is 3.29. The van der Waals surface area contributed by atoms with E-state index >= 15 is 0 Å². The fraction of sp³-hybridized carbons (Fsp3) is 0.474. The molecule has 0 fully saturated rings. The summed E-state index contributed by atoms with van der Waals surface area (Å²) in [6.07, 6.45) is 7.20. The van der Waals surface area contributed by atoms with Gasteiger partial charge in [-0.25, -0.2) is 8.42 Å². The van der Waals surface area contributed by atoms with E-state index in [-0.39, 0.29) is 17.1 Å². The Bertz CT molecular complexity index is 2330. The van der Waals surface area contributed by atoms with E-state index < -0.39 is 18.3 Å². The number of nitrogens with one attached hydrogen (secondary N) is 2. The molecule has 0 aliphatic carbocycles. The third-order valence-corrected chi connectivity index (χ3v) is 18.1. The zero-order chi connectivity index (χ0) is 49.2. The summed E-state index contributed by atoms with van der Waals surface area (Å²) in [4.78, 5) is 2.57. The Morgan fingerprint density at radius 1 is 0.647 bits per heavy atom. The molecular formula is C57H81N3O6SSi. The number of sulfonamides is 1. The van der Waals surface area contributed by atoms with Gasteiger partial charge >= 0.3 is 0 Å². The molecule has 0 spiro atoms. The maximum Gasteiger partial charge on any atom is 0.229 e. The lowest BCUT2D eigenvalue weighted by molar-refractivity contribution is 0.170. The first-order valence-electron chi connectivity index (χ1n) is 24.8. The average molecular weight is 964 g/mol. The Morgan fingerprint density at radius 3 is 1.79 bits per heavy atom. The van der Waals surface area contributed by atoms with Crippen molar-refractivity contribution in [3.8, 4) is 17.2 Å². The zero-order valence-corrected chi connectivity index (χ0v) is 44.5. The van der Waals surface area contributed by atoms with E-state index in [1.165, 1.54) is 5.56 Å². The molecule has 2 N–H and O–H groups in total. The van der Waals surface area contributed by atoms with Gasteiger partial charge in [-0.2, -0.15) is 0 Å². The first-order chi connectivity index (χ1) is 32.4. The monoisotopic (exact) mass is 964 g/mol. The van der Waals surface area contributed by atoms with Crippen molar-refractivity contribution in [2.45, 2.75) is 142 Å². The van der Waals surface area contributed by atoms with Crippen LogP contribution in [-0.4, -0.2) is 66.2 Å². The van der Waals surface area contributed by atoms with Crippen molar-refractivity contribution in [1.82, 2.24) is 10.2 Å². The number of nitrogens with zero attached hydrogens (tertiary/aromatic N) is 1. The Labute approximate surface area is 411 Å². The largest absolute Gasteiger partial charge is 0.494 e. The Kier molecular flexibility index (Phi) is 21.0. The number of rotatable bonds is 29. The normalized spacial score (nSPS) is 13.2. The summed E-state index contributed by atoms with van der Waals surface area (Å²) in [6, 6.07) is 44.1. The van der Waals surface area contributed by atoms with Crippen molar-refractivity contribution < 1.29 is 27.1 Å². The van der Waals surface area contributed by atoms with Crippen LogP contribution in [0, 0.1) is 0 Å². The lowest BCUT2D eigenvalue weighted by Gasteiger charge is -2.39. The zero-order valence-electron chi connectivity index (χ0n) is 42.7. The molecule has 9 nitrogen and oxygen atoms in total. The van der Waals surface area contributed by atoms with Crippen LogP contribution in [0.15, 0.2) is 127 Å². The van der Waals surface area contributed by atoms with Crippen LogP contribution in [-0.2, 0) is 27.7 Å². The predicted octanol–water partition coefficient (Wildman–Crippen LogP) is 13.5. The van der Waals surface area contributed by atoms with Gasteiger partial charge in [0.25, 0.3) is 0 Å². The number of anilines is 1. The molecule has 5 aromatic rings. The molecule has 0 amide bonds. The van der Waals surface area contributed by atoms with Gasteiger partial charge in [0, 0.05) is 30.1 Å². The fourth-order valence-electron chi connectivity index (χ4n) is 8.29. The third kappa shape index (κ3) is 17.7. The van der Waals surface area contributed by atoms with Crippen molar-refractivity contribution in [1.29, 1.82) is 0 Å². The number of ether oxygens (including phenoxy) is 3. The Morgan fingerprint density at radius 2 is 1.21 bits per heavy atom. The minimum atomic E-state index is -3.56. The summed E-state index contributed by atoms with van der Waals surface area (Å²) in [5.74, 6) is 2.40. The molecule has 0 saturated carbocycles.